The van der Waals surface area contributed by atoms with Crippen molar-refractivity contribution in [3.63, 3.8) is 0 Å². The number of carboxylic acids is 1. The number of rotatable bonds is 6. The Kier molecular flexibility index (Phi) is 6.30. The number of halogens is 1. The van der Waals surface area contributed by atoms with Crippen LogP contribution in [0.2, 0.25) is 5.02 Å². The third kappa shape index (κ3) is 4.90. The molecule has 4 N–H and O–H groups in total. The highest BCUT2D eigenvalue weighted by Gasteiger charge is 2.17. The molecule has 0 fully saturated rings. The molecule has 1 heterocycles. The molecule has 168 valence electrons. The molecule has 0 saturated heterocycles. The predicted octanol–water partition coefficient (Wildman–Crippen LogP) is 4.82. The predicted molar refractivity (Wildman–Crippen MR) is 128 cm³/mol. The van der Waals surface area contributed by atoms with Gasteiger partial charge in [0.2, 0.25) is 5.91 Å². The number of aromatic amines is 1. The summed E-state index contributed by atoms with van der Waals surface area (Å²) in [6.45, 7) is 0. The van der Waals surface area contributed by atoms with Gasteiger partial charge in [0.1, 0.15) is 5.69 Å². The lowest BCUT2D eigenvalue weighted by atomic mass is 10.1. The minimum Gasteiger partial charge on any atom is -0.478 e. The van der Waals surface area contributed by atoms with Crippen LogP contribution in [0.4, 0.5) is 11.4 Å². The quantitative estimate of drug-likeness (QED) is 0.319. The molecule has 9 heteroatoms. The molecule has 0 aliphatic rings. The lowest BCUT2D eigenvalue weighted by Gasteiger charge is -2.08. The minimum absolute atomic E-state index is 0.0604. The Morgan fingerprint density at radius 3 is 2.50 bits per heavy atom. The van der Waals surface area contributed by atoms with Crippen molar-refractivity contribution in [3.05, 3.63) is 94.1 Å². The van der Waals surface area contributed by atoms with Gasteiger partial charge in [-0.1, -0.05) is 35.9 Å². The van der Waals surface area contributed by atoms with Gasteiger partial charge in [-0.2, -0.15) is 5.26 Å². The summed E-state index contributed by atoms with van der Waals surface area (Å²) >= 11 is 5.98. The van der Waals surface area contributed by atoms with Gasteiger partial charge < -0.3 is 20.7 Å². The van der Waals surface area contributed by atoms with Gasteiger partial charge >= 0.3 is 5.97 Å². The van der Waals surface area contributed by atoms with E-state index in [2.05, 4.69) is 15.6 Å². The van der Waals surface area contributed by atoms with Crippen molar-refractivity contribution in [2.45, 2.75) is 6.42 Å². The van der Waals surface area contributed by atoms with Gasteiger partial charge in [0.05, 0.1) is 40.5 Å². The number of carbonyl (C=O) groups is 3. The highest BCUT2D eigenvalue weighted by molar-refractivity contribution is 6.30. The Hall–Kier alpha value is -4.61. The Bertz CT molecular complexity index is 1490. The van der Waals surface area contributed by atoms with E-state index in [4.69, 9.17) is 16.9 Å². The lowest BCUT2D eigenvalue weighted by Crippen LogP contribution is -2.16. The van der Waals surface area contributed by atoms with E-state index in [1.165, 1.54) is 18.2 Å². The van der Waals surface area contributed by atoms with Crippen LogP contribution in [0.5, 0.6) is 0 Å². The van der Waals surface area contributed by atoms with Crippen LogP contribution in [0.15, 0.2) is 66.7 Å². The molecular weight excluding hydrogens is 456 g/mol. The fraction of sp³-hybridized carbons (Fsp3) is 0.0400. The number of aromatic carboxylic acids is 1. The normalized spacial score (nSPS) is 10.5. The molecule has 0 unspecified atom stereocenters. The van der Waals surface area contributed by atoms with Crippen molar-refractivity contribution < 1.29 is 19.5 Å². The molecule has 0 aliphatic heterocycles. The smallest absolute Gasteiger partial charge is 0.337 e. The molecule has 0 radical (unpaired) electrons. The van der Waals surface area contributed by atoms with Crippen molar-refractivity contribution in [3.8, 4) is 6.07 Å². The van der Waals surface area contributed by atoms with E-state index < -0.39 is 11.9 Å². The second-order valence-electron chi connectivity index (χ2n) is 7.44. The maximum atomic E-state index is 12.8. The van der Waals surface area contributed by atoms with Crippen molar-refractivity contribution in [1.29, 1.82) is 5.26 Å². The number of fused-ring (bicyclic) bond motifs is 1. The summed E-state index contributed by atoms with van der Waals surface area (Å²) in [6.07, 6.45) is 0.127. The minimum atomic E-state index is -1.27. The number of aromatic nitrogens is 1. The zero-order valence-electron chi connectivity index (χ0n) is 17.6. The molecule has 0 atom stereocenters. The van der Waals surface area contributed by atoms with Gasteiger partial charge in [-0.25, -0.2) is 4.79 Å². The Morgan fingerprint density at radius 1 is 0.971 bits per heavy atom. The molecule has 0 spiro atoms. The Labute approximate surface area is 198 Å². The second-order valence-corrected chi connectivity index (χ2v) is 7.88. The lowest BCUT2D eigenvalue weighted by molar-refractivity contribution is -0.115. The standard InChI is InChI=1S/C25H17ClN4O4/c26-17-5-1-3-14(9-17)11-22(31)28-20-6-2-4-16-12-21(29-23(16)20)24(32)30-19-8-7-15(13-27)10-18(19)25(33)34/h1-10,12,29H,11H2,(H,28,31)(H,30,32)(H,33,34). The van der Waals surface area contributed by atoms with Crippen LogP contribution < -0.4 is 10.6 Å². The highest BCUT2D eigenvalue weighted by Crippen LogP contribution is 2.25. The maximum Gasteiger partial charge on any atom is 0.337 e. The van der Waals surface area contributed by atoms with Gasteiger partial charge in [-0.3, -0.25) is 9.59 Å². The number of benzene rings is 3. The monoisotopic (exact) mass is 472 g/mol. The van der Waals surface area contributed by atoms with E-state index in [1.54, 1.807) is 48.5 Å². The molecule has 2 amide bonds. The maximum absolute atomic E-state index is 12.8. The summed E-state index contributed by atoms with van der Waals surface area (Å²) in [5, 5.41) is 25.0. The first kappa shape index (κ1) is 22.6. The SMILES string of the molecule is N#Cc1ccc(NC(=O)c2cc3cccc(NC(=O)Cc4cccc(Cl)c4)c3[nH]2)c(C(=O)O)c1. The molecule has 1 aromatic heterocycles. The van der Waals surface area contributed by atoms with Crippen LogP contribution >= 0.6 is 11.6 Å². The summed E-state index contributed by atoms with van der Waals surface area (Å²) in [5.41, 5.74) is 2.01. The molecule has 0 bridgehead atoms. The number of H-pyrrole nitrogens is 1. The first-order valence-corrected chi connectivity index (χ1v) is 10.5. The number of amides is 2. The number of hydrogen-bond acceptors (Lipinski definition) is 4. The van der Waals surface area contributed by atoms with Crippen molar-refractivity contribution in [1.82, 2.24) is 4.98 Å². The number of carboxylic acid groups (broad SMARTS) is 1. The van der Waals surface area contributed by atoms with E-state index >= 15 is 0 Å². The van der Waals surface area contributed by atoms with Crippen molar-refractivity contribution in [2.75, 3.05) is 10.6 Å². The Balaban J connectivity index is 1.56. The molecule has 34 heavy (non-hydrogen) atoms. The van der Waals surface area contributed by atoms with E-state index in [0.717, 1.165) is 5.56 Å². The van der Waals surface area contributed by atoms with E-state index in [1.807, 2.05) is 6.07 Å². The summed E-state index contributed by atoms with van der Waals surface area (Å²) in [7, 11) is 0. The van der Waals surface area contributed by atoms with E-state index in [9.17, 15) is 19.5 Å². The van der Waals surface area contributed by atoms with Crippen molar-refractivity contribution in [2.24, 2.45) is 0 Å². The first-order valence-electron chi connectivity index (χ1n) is 10.1. The summed E-state index contributed by atoms with van der Waals surface area (Å²) < 4.78 is 0. The second kappa shape index (κ2) is 9.48. The van der Waals surface area contributed by atoms with Crippen LogP contribution in [0.1, 0.15) is 32.0 Å². The first-order chi connectivity index (χ1) is 16.3. The number of nitrogens with zero attached hydrogens (tertiary/aromatic N) is 1. The third-order valence-corrected chi connectivity index (χ3v) is 5.29. The van der Waals surface area contributed by atoms with Gasteiger partial charge in [-0.15, -0.1) is 0 Å². The molecule has 0 saturated carbocycles. The van der Waals surface area contributed by atoms with Gasteiger partial charge in [0, 0.05) is 10.4 Å². The Morgan fingerprint density at radius 2 is 1.76 bits per heavy atom. The zero-order valence-corrected chi connectivity index (χ0v) is 18.3. The van der Waals surface area contributed by atoms with Gasteiger partial charge in [0.25, 0.3) is 5.91 Å². The van der Waals surface area contributed by atoms with Gasteiger partial charge in [-0.05, 0) is 48.0 Å². The van der Waals surface area contributed by atoms with Crippen LogP contribution in [0, 0.1) is 11.3 Å². The molecule has 0 aliphatic carbocycles. The highest BCUT2D eigenvalue weighted by atomic mass is 35.5. The number of nitrogens with one attached hydrogen (secondary N) is 3. The number of para-hydroxylation sites is 1. The van der Waals surface area contributed by atoms with Crippen LogP contribution in [0.25, 0.3) is 10.9 Å². The van der Waals surface area contributed by atoms with Crippen LogP contribution in [-0.2, 0) is 11.2 Å². The average Bonchev–Trinajstić information content (AvgIpc) is 3.25. The molecule has 8 nitrogen and oxygen atoms in total. The largest absolute Gasteiger partial charge is 0.478 e. The van der Waals surface area contributed by atoms with Crippen LogP contribution in [0.3, 0.4) is 0 Å². The third-order valence-electron chi connectivity index (χ3n) is 5.06. The fourth-order valence-corrected chi connectivity index (χ4v) is 3.71. The van der Waals surface area contributed by atoms with E-state index in [0.29, 0.717) is 21.6 Å². The summed E-state index contributed by atoms with van der Waals surface area (Å²) in [5.74, 6) is -2.09. The zero-order chi connectivity index (χ0) is 24.2. The molecule has 4 aromatic rings. The number of hydrogen-bond donors (Lipinski definition) is 4. The van der Waals surface area contributed by atoms with Crippen molar-refractivity contribution >= 4 is 51.7 Å². The van der Waals surface area contributed by atoms with Crippen LogP contribution in [-0.4, -0.2) is 27.9 Å². The molecular formula is C25H17ClN4O4. The molecule has 3 aromatic carbocycles. The van der Waals surface area contributed by atoms with E-state index in [-0.39, 0.29) is 34.8 Å². The van der Waals surface area contributed by atoms with Gasteiger partial charge in [0.15, 0.2) is 0 Å². The topological polar surface area (TPSA) is 135 Å². The fourth-order valence-electron chi connectivity index (χ4n) is 3.50. The number of anilines is 2. The number of nitriles is 1. The summed E-state index contributed by atoms with van der Waals surface area (Å²) in [4.78, 5) is 39.9. The number of carbonyl (C=O) groups excluding carboxylic acids is 2. The summed E-state index contributed by atoms with van der Waals surface area (Å²) in [6, 6.07) is 19.7. The average molecular weight is 473 g/mol. The molecule has 4 rings (SSSR count).